The highest BCUT2D eigenvalue weighted by Gasteiger charge is 2.32. The van der Waals surface area contributed by atoms with E-state index in [2.05, 4.69) is 13.8 Å². The van der Waals surface area contributed by atoms with Crippen molar-refractivity contribution in [1.82, 2.24) is 0 Å². The van der Waals surface area contributed by atoms with Gasteiger partial charge >= 0.3 is 0 Å². The van der Waals surface area contributed by atoms with Crippen LogP contribution >= 0.6 is 0 Å². The van der Waals surface area contributed by atoms with E-state index in [9.17, 15) is 0 Å². The minimum atomic E-state index is 0.471. The highest BCUT2D eigenvalue weighted by Crippen LogP contribution is 2.39. The van der Waals surface area contributed by atoms with E-state index in [1.54, 1.807) is 0 Å². The fourth-order valence-corrected chi connectivity index (χ4v) is 4.09. The van der Waals surface area contributed by atoms with Gasteiger partial charge in [0, 0.05) is 12.1 Å². The summed E-state index contributed by atoms with van der Waals surface area (Å²) < 4.78 is 0. The third-order valence-electron chi connectivity index (χ3n) is 5.38. The predicted molar refractivity (Wildman–Crippen MR) is 73.6 cm³/mol. The molecule has 6 atom stereocenters. The van der Waals surface area contributed by atoms with Crippen molar-refractivity contribution in [3.8, 4) is 0 Å². The van der Waals surface area contributed by atoms with Gasteiger partial charge in [-0.3, -0.25) is 0 Å². The summed E-state index contributed by atoms with van der Waals surface area (Å²) in [6.07, 6.45) is 9.12. The van der Waals surface area contributed by atoms with Crippen LogP contribution in [0.15, 0.2) is 0 Å². The van der Waals surface area contributed by atoms with Crippen LogP contribution < -0.4 is 11.5 Å². The number of rotatable bonds is 2. The molecule has 2 fully saturated rings. The molecule has 2 aliphatic carbocycles. The maximum Gasteiger partial charge on any atom is 0.00415 e. The molecule has 2 nitrogen and oxygen atoms in total. The summed E-state index contributed by atoms with van der Waals surface area (Å²) in [6.45, 7) is 4.81. The summed E-state index contributed by atoms with van der Waals surface area (Å²) in [6, 6.07) is 0.942. The number of hydrogen-bond acceptors (Lipinski definition) is 2. The first-order chi connectivity index (χ1) is 8.06. The smallest absolute Gasteiger partial charge is 0.00415 e. The van der Waals surface area contributed by atoms with Crippen molar-refractivity contribution in [3.63, 3.8) is 0 Å². The largest absolute Gasteiger partial charge is 0.328 e. The van der Waals surface area contributed by atoms with E-state index in [-0.39, 0.29) is 0 Å². The van der Waals surface area contributed by atoms with E-state index in [1.165, 1.54) is 44.9 Å². The average Bonchev–Trinajstić information content (AvgIpc) is 2.25. The second kappa shape index (κ2) is 5.71. The maximum atomic E-state index is 6.05. The van der Waals surface area contributed by atoms with Crippen molar-refractivity contribution >= 4 is 0 Å². The molecule has 2 aliphatic rings. The van der Waals surface area contributed by atoms with E-state index in [0.29, 0.717) is 12.1 Å². The molecular formula is C15H30N2. The van der Waals surface area contributed by atoms with Gasteiger partial charge in [0.15, 0.2) is 0 Å². The standard InChI is InChI=1S/C15H30N2/c1-10-7-14(16)5-3-12(10)9-13-4-6-15(17)8-11(13)2/h10-15H,3-9,16-17H2,1-2H3/t10-,11-,12-,13+,14-,15-/m1/s1. The zero-order valence-electron chi connectivity index (χ0n) is 11.6. The van der Waals surface area contributed by atoms with Gasteiger partial charge in [-0.25, -0.2) is 0 Å². The zero-order chi connectivity index (χ0) is 12.4. The van der Waals surface area contributed by atoms with Crippen molar-refractivity contribution in [3.05, 3.63) is 0 Å². The van der Waals surface area contributed by atoms with Gasteiger partial charge in [0.2, 0.25) is 0 Å². The Kier molecular flexibility index (Phi) is 4.48. The highest BCUT2D eigenvalue weighted by molar-refractivity contribution is 4.85. The van der Waals surface area contributed by atoms with E-state index < -0.39 is 0 Å². The van der Waals surface area contributed by atoms with Gasteiger partial charge in [0.25, 0.3) is 0 Å². The summed E-state index contributed by atoms with van der Waals surface area (Å²) >= 11 is 0. The topological polar surface area (TPSA) is 52.0 Å². The summed E-state index contributed by atoms with van der Waals surface area (Å²) in [5, 5.41) is 0. The SMILES string of the molecule is C[C@@H]1C[C@H](N)CC[C@@H]1C[C@@H]1CC[C@@H](N)C[C@H]1C. The molecule has 0 heterocycles. The third-order valence-corrected chi connectivity index (χ3v) is 5.38. The van der Waals surface area contributed by atoms with E-state index >= 15 is 0 Å². The minimum Gasteiger partial charge on any atom is -0.328 e. The van der Waals surface area contributed by atoms with Gasteiger partial charge in [-0.05, 0) is 68.6 Å². The van der Waals surface area contributed by atoms with Gasteiger partial charge in [0.05, 0.1) is 0 Å². The lowest BCUT2D eigenvalue weighted by atomic mass is 9.68. The van der Waals surface area contributed by atoms with Crippen LogP contribution in [0.4, 0.5) is 0 Å². The molecule has 17 heavy (non-hydrogen) atoms. The van der Waals surface area contributed by atoms with Crippen LogP contribution in [0.3, 0.4) is 0 Å². The Balaban J connectivity index is 1.84. The van der Waals surface area contributed by atoms with Crippen LogP contribution in [0.5, 0.6) is 0 Å². The van der Waals surface area contributed by atoms with Crippen LogP contribution in [-0.2, 0) is 0 Å². The molecule has 0 amide bonds. The van der Waals surface area contributed by atoms with Crippen molar-refractivity contribution in [2.45, 2.75) is 70.9 Å². The van der Waals surface area contributed by atoms with E-state index in [4.69, 9.17) is 11.5 Å². The van der Waals surface area contributed by atoms with Gasteiger partial charge in [0.1, 0.15) is 0 Å². The molecule has 0 radical (unpaired) electrons. The summed E-state index contributed by atoms with van der Waals surface area (Å²) in [4.78, 5) is 0. The lowest BCUT2D eigenvalue weighted by Crippen LogP contribution is -2.36. The Morgan fingerprint density at radius 2 is 1.18 bits per heavy atom. The molecule has 0 saturated heterocycles. The van der Waals surface area contributed by atoms with E-state index in [1.807, 2.05) is 0 Å². The molecule has 0 aliphatic heterocycles. The van der Waals surface area contributed by atoms with Crippen LogP contribution in [0, 0.1) is 23.7 Å². The quantitative estimate of drug-likeness (QED) is 0.777. The molecule has 2 rings (SSSR count). The van der Waals surface area contributed by atoms with Crippen molar-refractivity contribution in [2.24, 2.45) is 35.1 Å². The van der Waals surface area contributed by atoms with Gasteiger partial charge in [-0.15, -0.1) is 0 Å². The fourth-order valence-electron chi connectivity index (χ4n) is 4.09. The molecule has 0 aromatic rings. The summed E-state index contributed by atoms with van der Waals surface area (Å²) in [5.74, 6) is 3.52. The van der Waals surface area contributed by atoms with Crippen LogP contribution in [0.25, 0.3) is 0 Å². The minimum absolute atomic E-state index is 0.471. The Labute approximate surface area is 107 Å². The third kappa shape index (κ3) is 3.45. The van der Waals surface area contributed by atoms with Crippen molar-refractivity contribution < 1.29 is 0 Å². The Bertz CT molecular complexity index is 217. The first-order valence-electron chi connectivity index (χ1n) is 7.57. The fraction of sp³-hybridized carbons (Fsp3) is 1.00. The number of hydrogen-bond donors (Lipinski definition) is 2. The first-order valence-corrected chi connectivity index (χ1v) is 7.57. The zero-order valence-corrected chi connectivity index (χ0v) is 11.6. The van der Waals surface area contributed by atoms with Crippen molar-refractivity contribution in [2.75, 3.05) is 0 Å². The second-order valence-corrected chi connectivity index (χ2v) is 6.86. The lowest BCUT2D eigenvalue weighted by Gasteiger charge is -2.39. The Hall–Kier alpha value is -0.0800. The average molecular weight is 238 g/mol. The van der Waals surface area contributed by atoms with Gasteiger partial charge in [-0.1, -0.05) is 13.8 Å². The van der Waals surface area contributed by atoms with Crippen LogP contribution in [0.1, 0.15) is 58.8 Å². The first kappa shape index (κ1) is 13.4. The second-order valence-electron chi connectivity index (χ2n) is 6.86. The monoisotopic (exact) mass is 238 g/mol. The van der Waals surface area contributed by atoms with Gasteiger partial charge < -0.3 is 11.5 Å². The molecule has 0 aromatic carbocycles. The maximum absolute atomic E-state index is 6.05. The van der Waals surface area contributed by atoms with Crippen molar-refractivity contribution in [1.29, 1.82) is 0 Å². The molecule has 4 N–H and O–H groups in total. The lowest BCUT2D eigenvalue weighted by molar-refractivity contribution is 0.139. The highest BCUT2D eigenvalue weighted by atomic mass is 14.7. The molecule has 0 spiro atoms. The molecule has 0 aromatic heterocycles. The van der Waals surface area contributed by atoms with E-state index in [0.717, 1.165) is 23.7 Å². The number of nitrogens with two attached hydrogens (primary N) is 2. The predicted octanol–water partition coefficient (Wildman–Crippen LogP) is 2.90. The Morgan fingerprint density at radius 3 is 1.53 bits per heavy atom. The normalized spacial score (nSPS) is 48.0. The molecule has 2 saturated carbocycles. The van der Waals surface area contributed by atoms with Gasteiger partial charge in [-0.2, -0.15) is 0 Å². The molecule has 0 bridgehead atoms. The molecular weight excluding hydrogens is 208 g/mol. The molecule has 0 unspecified atom stereocenters. The molecule has 2 heteroatoms. The summed E-state index contributed by atoms with van der Waals surface area (Å²) in [7, 11) is 0. The van der Waals surface area contributed by atoms with Crippen LogP contribution in [0.2, 0.25) is 0 Å². The molecule has 100 valence electrons. The summed E-state index contributed by atoms with van der Waals surface area (Å²) in [5.41, 5.74) is 12.1. The Morgan fingerprint density at radius 1 is 0.765 bits per heavy atom. The van der Waals surface area contributed by atoms with Crippen LogP contribution in [-0.4, -0.2) is 12.1 Å².